The number of carbonyl (C=O) groups excluding carboxylic acids is 3. The second-order valence-corrected chi connectivity index (χ2v) is 8.07. The van der Waals surface area contributed by atoms with Gasteiger partial charge >= 0.3 is 24.1 Å². The molecule has 0 saturated carbocycles. The van der Waals surface area contributed by atoms with Gasteiger partial charge in [-0.2, -0.15) is 13.2 Å². The Balaban J connectivity index is 2.32. The third-order valence-electron chi connectivity index (χ3n) is 4.70. The number of nitrogens with zero attached hydrogens (tertiary/aromatic N) is 2. The minimum atomic E-state index is -5.14. The number of nitrogens with one attached hydrogen (secondary N) is 1. The molecule has 29 heavy (non-hydrogen) atoms. The van der Waals surface area contributed by atoms with Gasteiger partial charge in [0.15, 0.2) is 0 Å². The Morgan fingerprint density at radius 3 is 2.28 bits per heavy atom. The van der Waals surface area contributed by atoms with Gasteiger partial charge < -0.3 is 25.0 Å². The normalized spacial score (nSPS) is 25.7. The number of rotatable bonds is 2. The molecule has 2 aliphatic rings. The average Bonchev–Trinajstić information content (AvgIpc) is 2.96. The summed E-state index contributed by atoms with van der Waals surface area (Å²) in [5.41, 5.74) is -0.935. The summed E-state index contributed by atoms with van der Waals surface area (Å²) in [5.74, 6) is -4.21. The summed E-state index contributed by atoms with van der Waals surface area (Å²) in [6.07, 6.45) is -5.78. The Morgan fingerprint density at radius 2 is 1.76 bits per heavy atom. The number of carbonyl (C=O) groups is 4. The molecule has 2 fully saturated rings. The van der Waals surface area contributed by atoms with E-state index in [2.05, 4.69) is 5.32 Å². The van der Waals surface area contributed by atoms with Gasteiger partial charge in [-0.25, -0.2) is 9.59 Å². The van der Waals surface area contributed by atoms with Crippen LogP contribution in [0.1, 0.15) is 40.0 Å². The number of carboxylic acid groups (broad SMARTS) is 1. The maximum atomic E-state index is 13.0. The van der Waals surface area contributed by atoms with Gasteiger partial charge in [-0.3, -0.25) is 9.59 Å². The van der Waals surface area contributed by atoms with Crippen molar-refractivity contribution in [3.63, 3.8) is 0 Å². The molecule has 2 N–H and O–H groups in total. The Bertz CT molecular complexity index is 691. The fourth-order valence-electron chi connectivity index (χ4n) is 3.54. The van der Waals surface area contributed by atoms with Gasteiger partial charge in [0, 0.05) is 12.6 Å². The maximum Gasteiger partial charge on any atom is 0.471 e. The van der Waals surface area contributed by atoms with E-state index >= 15 is 0 Å². The number of alkyl carbamates (subject to hydrolysis) is 1. The third-order valence-corrected chi connectivity index (χ3v) is 4.70. The number of fused-ring (bicyclic) bond motifs is 1. The van der Waals surface area contributed by atoms with Gasteiger partial charge in [0.25, 0.3) is 0 Å². The first-order chi connectivity index (χ1) is 13.2. The predicted octanol–water partition coefficient (Wildman–Crippen LogP) is 1.12. The first kappa shape index (κ1) is 22.8. The van der Waals surface area contributed by atoms with Crippen LogP contribution in [0.25, 0.3) is 0 Å². The fourth-order valence-corrected chi connectivity index (χ4v) is 3.54. The lowest BCUT2D eigenvalue weighted by Crippen LogP contribution is -2.61. The van der Waals surface area contributed by atoms with Crippen LogP contribution in [-0.4, -0.2) is 81.8 Å². The number of ether oxygens (including phenoxy) is 1. The SMILES string of the molecule is CC(C)(C)OC(=O)NC1CN(C(=O)C(F)(F)F)CC[C@H]2CCC(C(=O)O)N2C1=O. The zero-order valence-corrected chi connectivity index (χ0v) is 16.3. The quantitative estimate of drug-likeness (QED) is 0.688. The van der Waals surface area contributed by atoms with E-state index in [1.54, 1.807) is 20.8 Å². The van der Waals surface area contributed by atoms with Crippen LogP contribution in [0.5, 0.6) is 0 Å². The van der Waals surface area contributed by atoms with Gasteiger partial charge in [-0.05, 0) is 40.0 Å². The first-order valence-corrected chi connectivity index (χ1v) is 9.11. The second-order valence-electron chi connectivity index (χ2n) is 8.07. The van der Waals surface area contributed by atoms with Crippen LogP contribution in [0.4, 0.5) is 18.0 Å². The van der Waals surface area contributed by atoms with Crippen molar-refractivity contribution in [1.82, 2.24) is 15.1 Å². The van der Waals surface area contributed by atoms with Gasteiger partial charge in [0.1, 0.15) is 17.7 Å². The van der Waals surface area contributed by atoms with Crippen LogP contribution in [-0.2, 0) is 19.1 Å². The molecule has 2 aliphatic heterocycles. The highest BCUT2D eigenvalue weighted by Gasteiger charge is 2.49. The number of carboxylic acids is 1. The van der Waals surface area contributed by atoms with Crippen molar-refractivity contribution in [3.05, 3.63) is 0 Å². The van der Waals surface area contributed by atoms with E-state index in [-0.39, 0.29) is 25.8 Å². The maximum absolute atomic E-state index is 13.0. The number of halogens is 3. The summed E-state index contributed by atoms with van der Waals surface area (Å²) in [4.78, 5) is 49.9. The Kier molecular flexibility index (Phi) is 6.33. The number of alkyl halides is 3. The molecule has 164 valence electrons. The summed E-state index contributed by atoms with van der Waals surface area (Å²) in [6, 6.07) is -3.35. The summed E-state index contributed by atoms with van der Waals surface area (Å²) in [7, 11) is 0. The van der Waals surface area contributed by atoms with Crippen LogP contribution in [0, 0.1) is 0 Å². The molecule has 2 saturated heterocycles. The van der Waals surface area contributed by atoms with Crippen LogP contribution in [0.3, 0.4) is 0 Å². The van der Waals surface area contributed by atoms with E-state index in [1.807, 2.05) is 0 Å². The van der Waals surface area contributed by atoms with Crippen LogP contribution < -0.4 is 5.32 Å². The third kappa shape index (κ3) is 5.51. The molecule has 0 aliphatic carbocycles. The van der Waals surface area contributed by atoms with Gasteiger partial charge in [-0.15, -0.1) is 0 Å². The number of hydrogen-bond acceptors (Lipinski definition) is 5. The van der Waals surface area contributed by atoms with Crippen LogP contribution >= 0.6 is 0 Å². The van der Waals surface area contributed by atoms with Crippen molar-refractivity contribution in [2.45, 2.75) is 69.9 Å². The minimum Gasteiger partial charge on any atom is -0.480 e. The van der Waals surface area contributed by atoms with E-state index in [4.69, 9.17) is 4.74 Å². The smallest absolute Gasteiger partial charge is 0.471 e. The number of aliphatic carboxylic acids is 1. The molecule has 12 heteroatoms. The molecule has 0 radical (unpaired) electrons. The fraction of sp³-hybridized carbons (Fsp3) is 0.765. The molecule has 0 spiro atoms. The molecule has 9 nitrogen and oxygen atoms in total. The summed E-state index contributed by atoms with van der Waals surface area (Å²) >= 11 is 0. The first-order valence-electron chi connectivity index (χ1n) is 9.11. The molecule has 0 aromatic carbocycles. The van der Waals surface area contributed by atoms with E-state index < -0.39 is 60.3 Å². The van der Waals surface area contributed by atoms with Crippen molar-refractivity contribution in [2.75, 3.05) is 13.1 Å². The van der Waals surface area contributed by atoms with E-state index in [9.17, 15) is 37.5 Å². The molecule has 0 aromatic heterocycles. The second kappa shape index (κ2) is 8.07. The molecule has 0 aromatic rings. The number of amides is 3. The molecule has 0 bridgehead atoms. The molecule has 2 rings (SSSR count). The predicted molar refractivity (Wildman–Crippen MR) is 91.7 cm³/mol. The highest BCUT2D eigenvalue weighted by atomic mass is 19.4. The zero-order valence-electron chi connectivity index (χ0n) is 16.3. The molecular formula is C17H24F3N3O6. The highest BCUT2D eigenvalue weighted by Crippen LogP contribution is 2.30. The summed E-state index contributed by atoms with van der Waals surface area (Å²) in [5, 5.41) is 11.6. The van der Waals surface area contributed by atoms with Crippen LogP contribution in [0.2, 0.25) is 0 Å². The van der Waals surface area contributed by atoms with Crippen molar-refractivity contribution < 1.29 is 42.2 Å². The van der Waals surface area contributed by atoms with Crippen molar-refractivity contribution >= 4 is 23.9 Å². The lowest BCUT2D eigenvalue weighted by molar-refractivity contribution is -0.186. The molecule has 3 amide bonds. The molecular weight excluding hydrogens is 399 g/mol. The highest BCUT2D eigenvalue weighted by molar-refractivity contribution is 5.91. The monoisotopic (exact) mass is 423 g/mol. The van der Waals surface area contributed by atoms with Crippen molar-refractivity contribution in [2.24, 2.45) is 0 Å². The number of hydrogen-bond donors (Lipinski definition) is 2. The van der Waals surface area contributed by atoms with Gasteiger partial charge in [0.2, 0.25) is 5.91 Å². The molecule has 2 heterocycles. The van der Waals surface area contributed by atoms with E-state index in [1.165, 1.54) is 0 Å². The van der Waals surface area contributed by atoms with Gasteiger partial charge in [-0.1, -0.05) is 0 Å². The zero-order chi connectivity index (χ0) is 22.1. The van der Waals surface area contributed by atoms with E-state index in [0.29, 0.717) is 4.90 Å². The Labute approximate surface area is 165 Å². The molecule has 3 atom stereocenters. The van der Waals surface area contributed by atoms with Crippen molar-refractivity contribution in [3.8, 4) is 0 Å². The van der Waals surface area contributed by atoms with E-state index in [0.717, 1.165) is 4.90 Å². The lowest BCUT2D eigenvalue weighted by Gasteiger charge is -2.38. The van der Waals surface area contributed by atoms with Crippen LogP contribution in [0.15, 0.2) is 0 Å². The summed E-state index contributed by atoms with van der Waals surface area (Å²) < 4.78 is 43.9. The standard InChI is InChI=1S/C17H24F3N3O6/c1-16(2,3)29-15(28)21-10-8-22(14(27)17(18,19)20)7-6-9-4-5-11(13(25)26)23(9)12(10)24/h9-11H,4-8H2,1-3H3,(H,21,28)(H,25,26)/t9-,10?,11?/m1/s1. The average molecular weight is 423 g/mol. The Hall–Kier alpha value is -2.53. The molecule has 2 unspecified atom stereocenters. The summed E-state index contributed by atoms with van der Waals surface area (Å²) in [6.45, 7) is 3.60. The Morgan fingerprint density at radius 1 is 1.14 bits per heavy atom. The lowest BCUT2D eigenvalue weighted by atomic mass is 10.1. The largest absolute Gasteiger partial charge is 0.480 e. The van der Waals surface area contributed by atoms with Gasteiger partial charge in [0.05, 0.1) is 6.54 Å². The topological polar surface area (TPSA) is 116 Å². The van der Waals surface area contributed by atoms with Crippen molar-refractivity contribution in [1.29, 1.82) is 0 Å². The minimum absolute atomic E-state index is 0.0104.